The predicted molar refractivity (Wildman–Crippen MR) is 160 cm³/mol. The summed E-state index contributed by atoms with van der Waals surface area (Å²) in [4.78, 5) is 27.5. The topological polar surface area (TPSA) is 147 Å². The Morgan fingerprint density at radius 1 is 1.02 bits per heavy atom. The fourth-order valence-corrected chi connectivity index (χ4v) is 7.58. The minimum absolute atomic E-state index is 0.0132. The summed E-state index contributed by atoms with van der Waals surface area (Å²) in [7, 11) is -3.27. The van der Waals surface area contributed by atoms with Crippen molar-refractivity contribution in [3.8, 4) is 0 Å². The molecule has 4 N–H and O–H groups in total. The number of benzene rings is 1. The Hall–Kier alpha value is -3.80. The number of H-pyrrole nitrogens is 1. The van der Waals surface area contributed by atoms with E-state index in [1.807, 2.05) is 12.1 Å². The lowest BCUT2D eigenvalue weighted by Gasteiger charge is -2.39. The van der Waals surface area contributed by atoms with Crippen LogP contribution in [0.4, 0.5) is 22.4 Å². The second-order valence-electron chi connectivity index (χ2n) is 11.9. The number of hydrogen-bond acceptors (Lipinski definition) is 7. The van der Waals surface area contributed by atoms with Gasteiger partial charge in [-0.3, -0.25) is 10.1 Å². The number of rotatable bonds is 8. The number of anilines is 2. The Labute approximate surface area is 246 Å². The van der Waals surface area contributed by atoms with E-state index in [4.69, 9.17) is 0 Å². The highest BCUT2D eigenvalue weighted by Gasteiger charge is 2.38. The SMILES string of the molecule is C=[NH+]c1nccc(Nc2cc(C3CCC(N(C(=O)NC4Cc5ccc(S(C)(=O)=O)cc5C4)C4CCCCC4)C3)[nH]n2)n1. The van der Waals surface area contributed by atoms with Crippen molar-refractivity contribution in [2.75, 3.05) is 11.6 Å². The fraction of sp³-hybridized carbons (Fsp3) is 0.500. The summed E-state index contributed by atoms with van der Waals surface area (Å²) >= 11 is 0. The first-order chi connectivity index (χ1) is 20.3. The van der Waals surface area contributed by atoms with Crippen LogP contribution in [0.1, 0.15) is 74.1 Å². The van der Waals surface area contributed by atoms with Crippen molar-refractivity contribution in [1.82, 2.24) is 30.4 Å². The molecule has 3 aliphatic carbocycles. The molecule has 2 fully saturated rings. The van der Waals surface area contributed by atoms with Crippen molar-refractivity contribution in [3.63, 3.8) is 0 Å². The largest absolute Gasteiger partial charge is 0.431 e. The first-order valence-electron chi connectivity index (χ1n) is 14.9. The summed E-state index contributed by atoms with van der Waals surface area (Å²) in [6.45, 7) is 3.60. The van der Waals surface area contributed by atoms with Crippen LogP contribution in [0.2, 0.25) is 0 Å². The summed E-state index contributed by atoms with van der Waals surface area (Å²) in [6.07, 6.45) is 12.7. The molecule has 0 spiro atoms. The minimum Gasteiger partial charge on any atom is -0.335 e. The van der Waals surface area contributed by atoms with Crippen LogP contribution in [-0.2, 0) is 22.7 Å². The molecular weight excluding hydrogens is 552 g/mol. The van der Waals surface area contributed by atoms with Gasteiger partial charge in [0.15, 0.2) is 15.7 Å². The number of carbonyl (C=O) groups excluding carboxylic acids is 1. The number of urea groups is 1. The zero-order valence-corrected chi connectivity index (χ0v) is 24.8. The Bertz CT molecular complexity index is 1570. The minimum atomic E-state index is -3.27. The number of aromatic nitrogens is 4. The molecule has 0 aliphatic heterocycles. The molecule has 0 bridgehead atoms. The number of sulfone groups is 1. The lowest BCUT2D eigenvalue weighted by atomic mass is 9.92. The van der Waals surface area contributed by atoms with Gasteiger partial charge in [0, 0.05) is 54.8 Å². The van der Waals surface area contributed by atoms with Crippen LogP contribution in [0.15, 0.2) is 41.4 Å². The zero-order valence-electron chi connectivity index (χ0n) is 24.0. The van der Waals surface area contributed by atoms with Crippen molar-refractivity contribution >= 4 is 40.2 Å². The Morgan fingerprint density at radius 3 is 2.62 bits per heavy atom. The number of nitrogens with zero attached hydrogens (tertiary/aromatic N) is 4. The van der Waals surface area contributed by atoms with E-state index in [0.717, 1.165) is 68.2 Å². The number of fused-ring (bicyclic) bond motifs is 1. The van der Waals surface area contributed by atoms with Gasteiger partial charge in [-0.2, -0.15) is 5.10 Å². The van der Waals surface area contributed by atoms with Gasteiger partial charge in [-0.15, -0.1) is 0 Å². The maximum Gasteiger partial charge on any atom is 0.431 e. The smallest absolute Gasteiger partial charge is 0.335 e. The van der Waals surface area contributed by atoms with Crippen LogP contribution in [0.5, 0.6) is 0 Å². The third-order valence-electron chi connectivity index (χ3n) is 8.97. The standard InChI is InChI=1S/C30H38N8O3S/c1-31-29-32-13-12-27(35-29)34-28-18-26(36-37-28)20-8-10-24(16-20)38(23-6-4-3-5-7-23)30(39)33-22-14-19-9-11-25(42(2,40)41)17-21(19)15-22/h9,11-13,17-18,20,22-24H,1,3-8,10,14-16H2,2H3,(H,33,39)(H2,32,34,35,36,37)/p+1. The van der Waals surface area contributed by atoms with Crippen molar-refractivity contribution in [3.05, 3.63) is 53.3 Å². The molecule has 2 heterocycles. The summed E-state index contributed by atoms with van der Waals surface area (Å²) in [5.74, 6) is 2.02. The molecule has 42 heavy (non-hydrogen) atoms. The van der Waals surface area contributed by atoms with Crippen LogP contribution in [0, 0.1) is 0 Å². The van der Waals surface area contributed by atoms with E-state index in [2.05, 4.69) is 47.4 Å². The van der Waals surface area contributed by atoms with Gasteiger partial charge in [0.25, 0.3) is 0 Å². The van der Waals surface area contributed by atoms with Gasteiger partial charge in [-0.25, -0.2) is 13.2 Å². The average Bonchev–Trinajstić information content (AvgIpc) is 3.73. The maximum atomic E-state index is 13.9. The molecule has 1 aromatic carbocycles. The van der Waals surface area contributed by atoms with Crippen LogP contribution < -0.4 is 15.6 Å². The van der Waals surface area contributed by atoms with E-state index in [9.17, 15) is 13.2 Å². The monoisotopic (exact) mass is 591 g/mol. The summed E-state index contributed by atoms with van der Waals surface area (Å²) < 4.78 is 24.1. The van der Waals surface area contributed by atoms with Crippen LogP contribution >= 0.6 is 0 Å². The number of hydrogen-bond donors (Lipinski definition) is 4. The van der Waals surface area contributed by atoms with E-state index >= 15 is 0 Å². The summed E-state index contributed by atoms with van der Waals surface area (Å²) in [5, 5.41) is 14.2. The second-order valence-corrected chi connectivity index (χ2v) is 13.9. The molecule has 3 atom stereocenters. The third-order valence-corrected chi connectivity index (χ3v) is 10.1. The highest BCUT2D eigenvalue weighted by molar-refractivity contribution is 7.90. The Balaban J connectivity index is 1.13. The van der Waals surface area contributed by atoms with E-state index in [1.165, 1.54) is 12.7 Å². The van der Waals surface area contributed by atoms with Gasteiger partial charge >= 0.3 is 12.0 Å². The average molecular weight is 592 g/mol. The highest BCUT2D eigenvalue weighted by Crippen LogP contribution is 2.39. The van der Waals surface area contributed by atoms with Crippen molar-refractivity contribution in [2.45, 2.75) is 93.1 Å². The number of carbonyl (C=O) groups is 1. The lowest BCUT2D eigenvalue weighted by Crippen LogP contribution is -2.59. The summed E-state index contributed by atoms with van der Waals surface area (Å²) in [6, 6.07) is 9.52. The molecule has 3 aromatic rings. The molecule has 2 aromatic heterocycles. The molecule has 6 rings (SSSR count). The van der Waals surface area contributed by atoms with E-state index in [-0.39, 0.29) is 30.1 Å². The molecule has 0 saturated heterocycles. The molecular formula is C30H39N8O3S+. The van der Waals surface area contributed by atoms with E-state index in [0.29, 0.717) is 28.9 Å². The third kappa shape index (κ3) is 6.18. The van der Waals surface area contributed by atoms with Gasteiger partial charge in [0.1, 0.15) is 6.20 Å². The fourth-order valence-electron chi connectivity index (χ4n) is 6.91. The van der Waals surface area contributed by atoms with Gasteiger partial charge in [-0.1, -0.05) is 35.3 Å². The zero-order chi connectivity index (χ0) is 29.3. The quantitative estimate of drug-likeness (QED) is 0.295. The molecule has 3 aliphatic rings. The summed E-state index contributed by atoms with van der Waals surface area (Å²) in [5.41, 5.74) is 3.18. The van der Waals surface area contributed by atoms with Crippen LogP contribution in [-0.4, -0.2) is 70.6 Å². The number of aromatic amines is 1. The number of nitrogens with one attached hydrogen (secondary N) is 4. The molecule has 2 amide bonds. The number of amides is 2. The van der Waals surface area contributed by atoms with Crippen LogP contribution in [0.3, 0.4) is 0 Å². The van der Waals surface area contributed by atoms with Crippen molar-refractivity contribution in [2.24, 2.45) is 0 Å². The normalized spacial score (nSPS) is 22.5. The van der Waals surface area contributed by atoms with Gasteiger partial charge in [-0.05, 0) is 68.2 Å². The first-order valence-corrected chi connectivity index (χ1v) is 16.7. The highest BCUT2D eigenvalue weighted by atomic mass is 32.2. The Morgan fingerprint density at radius 2 is 1.83 bits per heavy atom. The maximum absolute atomic E-state index is 13.9. The predicted octanol–water partition coefficient (Wildman–Crippen LogP) is 2.91. The molecule has 3 unspecified atom stereocenters. The van der Waals surface area contributed by atoms with E-state index < -0.39 is 9.84 Å². The molecule has 12 heteroatoms. The molecule has 0 radical (unpaired) electrons. The van der Waals surface area contributed by atoms with Crippen LogP contribution in [0.25, 0.3) is 0 Å². The van der Waals surface area contributed by atoms with Crippen molar-refractivity contribution < 1.29 is 18.2 Å². The lowest BCUT2D eigenvalue weighted by molar-refractivity contribution is -0.352. The molecule has 222 valence electrons. The second kappa shape index (κ2) is 11.8. The van der Waals surface area contributed by atoms with Gasteiger partial charge < -0.3 is 15.5 Å². The van der Waals surface area contributed by atoms with Gasteiger partial charge in [0.2, 0.25) is 5.82 Å². The first kappa shape index (κ1) is 28.3. The Kier molecular flexibility index (Phi) is 7.98. The molecule has 2 saturated carbocycles. The van der Waals surface area contributed by atoms with Gasteiger partial charge in [0.05, 0.1) is 4.90 Å². The van der Waals surface area contributed by atoms with E-state index in [1.54, 1.807) is 24.4 Å². The molecule has 11 nitrogen and oxygen atoms in total. The van der Waals surface area contributed by atoms with Crippen molar-refractivity contribution in [1.29, 1.82) is 0 Å².